The molecule has 0 saturated heterocycles. The van der Waals surface area contributed by atoms with Gasteiger partial charge in [0.05, 0.1) is 0 Å². The number of hydrogen-bond acceptors (Lipinski definition) is 3. The van der Waals surface area contributed by atoms with Crippen molar-refractivity contribution in [1.82, 2.24) is 0 Å². The van der Waals surface area contributed by atoms with Crippen LogP contribution in [-0.2, 0) is 6.61 Å². The lowest BCUT2D eigenvalue weighted by atomic mass is 9.91. The molecule has 31 heavy (non-hydrogen) atoms. The van der Waals surface area contributed by atoms with Crippen molar-refractivity contribution >= 4 is 0 Å². The lowest BCUT2D eigenvalue weighted by Crippen LogP contribution is -1.96. The van der Waals surface area contributed by atoms with Crippen molar-refractivity contribution in [2.75, 3.05) is 0 Å². The summed E-state index contributed by atoms with van der Waals surface area (Å²) in [7, 11) is 0. The van der Waals surface area contributed by atoms with Crippen LogP contribution in [0.5, 0.6) is 17.2 Å². The van der Waals surface area contributed by atoms with E-state index in [1.54, 1.807) is 18.2 Å². The summed E-state index contributed by atoms with van der Waals surface area (Å²) in [6.07, 6.45) is 0. The molecular formula is C28H26O3. The number of benzene rings is 4. The van der Waals surface area contributed by atoms with Crippen LogP contribution in [0.3, 0.4) is 0 Å². The van der Waals surface area contributed by atoms with Gasteiger partial charge in [0.15, 0.2) is 11.5 Å². The van der Waals surface area contributed by atoms with Crippen molar-refractivity contribution in [1.29, 1.82) is 0 Å². The quantitative estimate of drug-likeness (QED) is 0.375. The Bertz CT molecular complexity index is 1180. The summed E-state index contributed by atoms with van der Waals surface area (Å²) in [4.78, 5) is 0. The van der Waals surface area contributed by atoms with Crippen LogP contribution < -0.4 is 4.74 Å². The number of ether oxygens (including phenoxy) is 1. The fraction of sp³-hybridized carbons (Fsp3) is 0.143. The number of rotatable bonds is 5. The highest BCUT2D eigenvalue weighted by Gasteiger charge is 2.11. The van der Waals surface area contributed by atoms with Gasteiger partial charge in [0.2, 0.25) is 0 Å². The van der Waals surface area contributed by atoms with Crippen molar-refractivity contribution in [2.45, 2.75) is 27.4 Å². The molecular weight excluding hydrogens is 384 g/mol. The van der Waals surface area contributed by atoms with Gasteiger partial charge in [-0.05, 0) is 84.0 Å². The molecule has 0 amide bonds. The third kappa shape index (κ3) is 4.56. The fourth-order valence-corrected chi connectivity index (χ4v) is 3.88. The second-order valence-electron chi connectivity index (χ2n) is 7.99. The Morgan fingerprint density at radius 1 is 0.645 bits per heavy atom. The summed E-state index contributed by atoms with van der Waals surface area (Å²) in [5.74, 6) is 0.858. The number of aromatic hydroxyl groups is 2. The Morgan fingerprint density at radius 2 is 1.26 bits per heavy atom. The van der Waals surface area contributed by atoms with E-state index in [2.05, 4.69) is 32.9 Å². The minimum absolute atomic E-state index is 0.127. The van der Waals surface area contributed by atoms with Crippen LogP contribution in [-0.4, -0.2) is 10.2 Å². The van der Waals surface area contributed by atoms with Crippen molar-refractivity contribution in [2.24, 2.45) is 0 Å². The molecule has 0 fully saturated rings. The van der Waals surface area contributed by atoms with Crippen LogP contribution in [0.4, 0.5) is 0 Å². The number of phenolic OH excluding ortho intramolecular Hbond substituents is 2. The van der Waals surface area contributed by atoms with E-state index in [-0.39, 0.29) is 11.5 Å². The Kier molecular flexibility index (Phi) is 5.68. The summed E-state index contributed by atoms with van der Waals surface area (Å²) in [5.41, 5.74) is 8.75. The first-order valence-corrected chi connectivity index (χ1v) is 10.3. The molecule has 0 aliphatic rings. The maximum absolute atomic E-state index is 10.5. The Balaban J connectivity index is 1.57. The summed E-state index contributed by atoms with van der Waals surface area (Å²) < 4.78 is 5.82. The smallest absolute Gasteiger partial charge is 0.161 e. The zero-order valence-corrected chi connectivity index (χ0v) is 18.0. The van der Waals surface area contributed by atoms with E-state index in [0.717, 1.165) is 38.9 Å². The molecule has 0 radical (unpaired) electrons. The van der Waals surface area contributed by atoms with Crippen molar-refractivity contribution in [3.05, 3.63) is 101 Å². The van der Waals surface area contributed by atoms with Gasteiger partial charge in [-0.1, -0.05) is 60.2 Å². The van der Waals surface area contributed by atoms with Crippen LogP contribution >= 0.6 is 0 Å². The summed E-state index contributed by atoms with van der Waals surface area (Å²) in [6, 6.07) is 25.2. The SMILES string of the molecule is Cc1ccc(COc2ccc(-c3cc(C)c(-c4ccc(O)cc4)c(C)c3)cc2O)cc1. The van der Waals surface area contributed by atoms with Gasteiger partial charge < -0.3 is 14.9 Å². The molecule has 0 saturated carbocycles. The zero-order valence-electron chi connectivity index (χ0n) is 18.0. The zero-order chi connectivity index (χ0) is 22.0. The van der Waals surface area contributed by atoms with E-state index in [4.69, 9.17) is 4.74 Å². The van der Waals surface area contributed by atoms with Gasteiger partial charge in [-0.3, -0.25) is 0 Å². The van der Waals surface area contributed by atoms with Crippen molar-refractivity contribution in [3.63, 3.8) is 0 Å². The third-order valence-electron chi connectivity index (χ3n) is 5.50. The molecule has 4 aromatic carbocycles. The molecule has 3 nitrogen and oxygen atoms in total. The minimum Gasteiger partial charge on any atom is -0.508 e. The average Bonchev–Trinajstić information content (AvgIpc) is 2.75. The molecule has 0 aliphatic carbocycles. The predicted molar refractivity (Wildman–Crippen MR) is 126 cm³/mol. The minimum atomic E-state index is 0.127. The first-order chi connectivity index (χ1) is 14.9. The van der Waals surface area contributed by atoms with E-state index in [0.29, 0.717) is 12.4 Å². The molecule has 0 heterocycles. The Hall–Kier alpha value is -3.72. The van der Waals surface area contributed by atoms with Gasteiger partial charge >= 0.3 is 0 Å². The topological polar surface area (TPSA) is 49.7 Å². The monoisotopic (exact) mass is 410 g/mol. The third-order valence-corrected chi connectivity index (χ3v) is 5.50. The van der Waals surface area contributed by atoms with Gasteiger partial charge in [0, 0.05) is 0 Å². The standard InChI is InChI=1S/C28H26O3/c1-18-4-6-21(7-5-18)17-31-27-13-10-23(16-26(27)30)24-14-19(2)28(20(3)15-24)22-8-11-25(29)12-9-22/h4-16,29-30H,17H2,1-3H3. The summed E-state index contributed by atoms with van der Waals surface area (Å²) >= 11 is 0. The van der Waals surface area contributed by atoms with E-state index in [9.17, 15) is 10.2 Å². The molecule has 0 aromatic heterocycles. The lowest BCUT2D eigenvalue weighted by Gasteiger charge is -2.15. The molecule has 4 rings (SSSR count). The highest BCUT2D eigenvalue weighted by atomic mass is 16.5. The molecule has 0 unspecified atom stereocenters. The van der Waals surface area contributed by atoms with Crippen LogP contribution in [0.15, 0.2) is 78.9 Å². The van der Waals surface area contributed by atoms with Gasteiger partial charge in [-0.2, -0.15) is 0 Å². The molecule has 4 aromatic rings. The highest BCUT2D eigenvalue weighted by Crippen LogP contribution is 2.36. The first kappa shape index (κ1) is 20.5. The second kappa shape index (κ2) is 8.57. The van der Waals surface area contributed by atoms with Crippen LogP contribution in [0.1, 0.15) is 22.3 Å². The molecule has 0 aliphatic heterocycles. The van der Waals surface area contributed by atoms with E-state index in [1.165, 1.54) is 5.56 Å². The molecule has 156 valence electrons. The van der Waals surface area contributed by atoms with Gasteiger partial charge in [-0.15, -0.1) is 0 Å². The van der Waals surface area contributed by atoms with Gasteiger partial charge in [0.1, 0.15) is 12.4 Å². The average molecular weight is 411 g/mol. The first-order valence-electron chi connectivity index (χ1n) is 10.3. The predicted octanol–water partition coefficient (Wildman–Crippen LogP) is 6.94. The Labute approximate surface area is 183 Å². The van der Waals surface area contributed by atoms with Gasteiger partial charge in [-0.25, -0.2) is 0 Å². The number of phenols is 2. The normalized spacial score (nSPS) is 10.8. The van der Waals surface area contributed by atoms with Crippen LogP contribution in [0.2, 0.25) is 0 Å². The summed E-state index contributed by atoms with van der Waals surface area (Å²) in [6.45, 7) is 6.62. The van der Waals surface area contributed by atoms with Crippen molar-refractivity contribution in [3.8, 4) is 39.5 Å². The number of aryl methyl sites for hydroxylation is 3. The fourth-order valence-electron chi connectivity index (χ4n) is 3.88. The maximum atomic E-state index is 10.5. The van der Waals surface area contributed by atoms with Crippen molar-refractivity contribution < 1.29 is 14.9 Å². The highest BCUT2D eigenvalue weighted by molar-refractivity contribution is 5.77. The second-order valence-corrected chi connectivity index (χ2v) is 7.99. The van der Waals surface area contributed by atoms with Gasteiger partial charge in [0.25, 0.3) is 0 Å². The molecule has 2 N–H and O–H groups in total. The largest absolute Gasteiger partial charge is 0.508 e. The van der Waals surface area contributed by atoms with E-state index in [1.807, 2.05) is 48.5 Å². The molecule has 3 heteroatoms. The lowest BCUT2D eigenvalue weighted by molar-refractivity contribution is 0.289. The maximum Gasteiger partial charge on any atom is 0.161 e. The van der Waals surface area contributed by atoms with Crippen LogP contribution in [0, 0.1) is 20.8 Å². The number of hydrogen-bond donors (Lipinski definition) is 2. The van der Waals surface area contributed by atoms with Crippen LogP contribution in [0.25, 0.3) is 22.3 Å². The van der Waals surface area contributed by atoms with E-state index < -0.39 is 0 Å². The Morgan fingerprint density at radius 3 is 1.87 bits per heavy atom. The van der Waals surface area contributed by atoms with E-state index >= 15 is 0 Å². The molecule has 0 atom stereocenters. The summed E-state index contributed by atoms with van der Waals surface area (Å²) in [5, 5.41) is 20.1. The molecule has 0 spiro atoms. The molecule has 0 bridgehead atoms.